The molecule has 0 fully saturated rings. The first-order valence-electron chi connectivity index (χ1n) is 8.57. The van der Waals surface area contributed by atoms with E-state index in [2.05, 4.69) is 69.1 Å². The van der Waals surface area contributed by atoms with Gasteiger partial charge in [0, 0.05) is 25.3 Å². The Bertz CT molecular complexity index is 356. The quantitative estimate of drug-likeness (QED) is 0.672. The fraction of sp³-hybridized carbons (Fsp3) is 0.684. The third kappa shape index (κ3) is 7.52. The van der Waals surface area contributed by atoms with Crippen LogP contribution in [0.25, 0.3) is 0 Å². The summed E-state index contributed by atoms with van der Waals surface area (Å²) in [7, 11) is 0. The second-order valence-electron chi connectivity index (χ2n) is 6.80. The van der Waals surface area contributed by atoms with E-state index in [9.17, 15) is 0 Å². The van der Waals surface area contributed by atoms with E-state index in [0.717, 1.165) is 38.0 Å². The molecular weight excluding hydrogens is 256 g/mol. The Labute approximate surface area is 131 Å². The maximum absolute atomic E-state index is 3.38. The highest BCUT2D eigenvalue weighted by atomic mass is 15.1. The smallest absolute Gasteiger partial charge is 0.0366 e. The molecule has 1 aromatic rings. The Morgan fingerprint density at radius 2 is 1.43 bits per heavy atom. The monoisotopic (exact) mass is 290 g/mol. The lowest BCUT2D eigenvalue weighted by Crippen LogP contribution is -2.27. The first-order valence-corrected chi connectivity index (χ1v) is 8.57. The second kappa shape index (κ2) is 9.83. The van der Waals surface area contributed by atoms with E-state index in [1.54, 1.807) is 0 Å². The van der Waals surface area contributed by atoms with E-state index in [0.29, 0.717) is 0 Å². The van der Waals surface area contributed by atoms with Crippen molar-refractivity contribution in [3.8, 4) is 0 Å². The van der Waals surface area contributed by atoms with E-state index in [4.69, 9.17) is 0 Å². The molecule has 0 saturated carbocycles. The fourth-order valence-corrected chi connectivity index (χ4v) is 2.29. The van der Waals surface area contributed by atoms with Crippen LogP contribution in [0.3, 0.4) is 0 Å². The molecule has 0 aromatic heterocycles. The summed E-state index contributed by atoms with van der Waals surface area (Å²) in [5, 5.41) is 3.38. The van der Waals surface area contributed by atoms with Gasteiger partial charge in [0.2, 0.25) is 0 Å². The maximum Gasteiger partial charge on any atom is 0.0366 e. The van der Waals surface area contributed by atoms with Crippen LogP contribution < -0.4 is 10.2 Å². The van der Waals surface area contributed by atoms with Crippen LogP contribution in [0.5, 0.6) is 0 Å². The number of hydrogen-bond acceptors (Lipinski definition) is 2. The third-order valence-corrected chi connectivity index (χ3v) is 3.83. The fourth-order valence-electron chi connectivity index (χ4n) is 2.29. The standard InChI is InChI=1S/C19H34N2/c1-6-20-15-18-7-9-19(10-8-18)21(13-11-16(2)3)14-12-17(4)5/h7-10,16-17,20H,6,11-15H2,1-5H3. The van der Waals surface area contributed by atoms with Crippen molar-refractivity contribution in [3.63, 3.8) is 0 Å². The lowest BCUT2D eigenvalue weighted by molar-refractivity contribution is 0.535. The van der Waals surface area contributed by atoms with Crippen LogP contribution in [-0.4, -0.2) is 19.6 Å². The second-order valence-corrected chi connectivity index (χ2v) is 6.80. The average molecular weight is 290 g/mol. The van der Waals surface area contributed by atoms with E-state index < -0.39 is 0 Å². The van der Waals surface area contributed by atoms with Crippen LogP contribution in [0, 0.1) is 11.8 Å². The Hall–Kier alpha value is -1.02. The van der Waals surface area contributed by atoms with Crippen molar-refractivity contribution in [3.05, 3.63) is 29.8 Å². The number of anilines is 1. The van der Waals surface area contributed by atoms with Crippen molar-refractivity contribution in [2.75, 3.05) is 24.5 Å². The topological polar surface area (TPSA) is 15.3 Å². The molecule has 1 N–H and O–H groups in total. The van der Waals surface area contributed by atoms with Crippen LogP contribution >= 0.6 is 0 Å². The highest BCUT2D eigenvalue weighted by Gasteiger charge is 2.08. The molecule has 0 saturated heterocycles. The zero-order chi connectivity index (χ0) is 15.7. The summed E-state index contributed by atoms with van der Waals surface area (Å²) in [4.78, 5) is 2.55. The number of nitrogens with zero attached hydrogens (tertiary/aromatic N) is 1. The molecule has 1 rings (SSSR count). The van der Waals surface area contributed by atoms with Crippen LogP contribution in [0.4, 0.5) is 5.69 Å². The van der Waals surface area contributed by atoms with Gasteiger partial charge in [0.1, 0.15) is 0 Å². The molecule has 120 valence electrons. The summed E-state index contributed by atoms with van der Waals surface area (Å²) in [6, 6.07) is 9.09. The number of benzene rings is 1. The van der Waals surface area contributed by atoms with Gasteiger partial charge in [-0.15, -0.1) is 0 Å². The molecule has 0 amide bonds. The van der Waals surface area contributed by atoms with Crippen molar-refractivity contribution in [2.45, 2.75) is 54.0 Å². The molecule has 0 unspecified atom stereocenters. The van der Waals surface area contributed by atoms with Gasteiger partial charge in [-0.1, -0.05) is 46.8 Å². The van der Waals surface area contributed by atoms with Crippen molar-refractivity contribution in [1.82, 2.24) is 5.32 Å². The molecule has 0 bridgehead atoms. The van der Waals surface area contributed by atoms with E-state index in [1.165, 1.54) is 24.1 Å². The number of nitrogens with one attached hydrogen (secondary N) is 1. The van der Waals surface area contributed by atoms with E-state index in [-0.39, 0.29) is 0 Å². The molecule has 0 aliphatic carbocycles. The van der Waals surface area contributed by atoms with Crippen molar-refractivity contribution >= 4 is 5.69 Å². The minimum absolute atomic E-state index is 0.763. The van der Waals surface area contributed by atoms with Crippen LogP contribution in [0.15, 0.2) is 24.3 Å². The summed E-state index contributed by atoms with van der Waals surface area (Å²) in [5.41, 5.74) is 2.74. The predicted octanol–water partition coefficient (Wildman–Crippen LogP) is 4.69. The average Bonchev–Trinajstić information content (AvgIpc) is 2.45. The Kier molecular flexibility index (Phi) is 8.44. The third-order valence-electron chi connectivity index (χ3n) is 3.83. The van der Waals surface area contributed by atoms with E-state index >= 15 is 0 Å². The van der Waals surface area contributed by atoms with Gasteiger partial charge in [-0.2, -0.15) is 0 Å². The van der Waals surface area contributed by atoms with Gasteiger partial charge in [-0.25, -0.2) is 0 Å². The molecule has 2 nitrogen and oxygen atoms in total. The Balaban J connectivity index is 2.66. The van der Waals surface area contributed by atoms with E-state index in [1.807, 2.05) is 0 Å². The highest BCUT2D eigenvalue weighted by Crippen LogP contribution is 2.18. The van der Waals surface area contributed by atoms with Gasteiger partial charge in [0.25, 0.3) is 0 Å². The predicted molar refractivity (Wildman–Crippen MR) is 94.9 cm³/mol. The van der Waals surface area contributed by atoms with Crippen molar-refractivity contribution in [1.29, 1.82) is 0 Å². The minimum Gasteiger partial charge on any atom is -0.372 e. The van der Waals surface area contributed by atoms with Gasteiger partial charge in [0.15, 0.2) is 0 Å². The van der Waals surface area contributed by atoms with Crippen molar-refractivity contribution < 1.29 is 0 Å². The number of rotatable bonds is 10. The SMILES string of the molecule is CCNCc1ccc(N(CCC(C)C)CCC(C)C)cc1. The molecule has 2 heteroatoms. The normalized spacial score (nSPS) is 11.4. The zero-order valence-corrected chi connectivity index (χ0v) is 14.7. The van der Waals surface area contributed by atoms with Crippen LogP contribution in [-0.2, 0) is 6.54 Å². The molecule has 0 atom stereocenters. The molecule has 0 spiro atoms. The lowest BCUT2D eigenvalue weighted by atomic mass is 10.1. The van der Waals surface area contributed by atoms with Gasteiger partial charge < -0.3 is 10.2 Å². The van der Waals surface area contributed by atoms with Crippen LogP contribution in [0.2, 0.25) is 0 Å². The molecule has 0 aliphatic heterocycles. The summed E-state index contributed by atoms with van der Waals surface area (Å²) >= 11 is 0. The molecule has 0 radical (unpaired) electrons. The van der Waals surface area contributed by atoms with Gasteiger partial charge in [-0.05, 0) is 48.9 Å². The molecule has 1 aromatic carbocycles. The summed E-state index contributed by atoms with van der Waals surface area (Å²) in [5.74, 6) is 1.53. The maximum atomic E-state index is 3.38. The van der Waals surface area contributed by atoms with Crippen molar-refractivity contribution in [2.24, 2.45) is 11.8 Å². The summed E-state index contributed by atoms with van der Waals surface area (Å²) < 4.78 is 0. The largest absolute Gasteiger partial charge is 0.372 e. The van der Waals surface area contributed by atoms with Crippen LogP contribution in [0.1, 0.15) is 53.0 Å². The van der Waals surface area contributed by atoms with Gasteiger partial charge in [-0.3, -0.25) is 0 Å². The first-order chi connectivity index (χ1) is 10.0. The zero-order valence-electron chi connectivity index (χ0n) is 14.7. The van der Waals surface area contributed by atoms with Gasteiger partial charge >= 0.3 is 0 Å². The molecular formula is C19H34N2. The Morgan fingerprint density at radius 3 is 1.86 bits per heavy atom. The molecule has 0 aliphatic rings. The Morgan fingerprint density at radius 1 is 0.905 bits per heavy atom. The minimum atomic E-state index is 0.763. The van der Waals surface area contributed by atoms with Gasteiger partial charge in [0.05, 0.1) is 0 Å². The first kappa shape index (κ1) is 18.0. The summed E-state index contributed by atoms with van der Waals surface area (Å²) in [6.45, 7) is 15.7. The summed E-state index contributed by atoms with van der Waals surface area (Å²) in [6.07, 6.45) is 2.52. The lowest BCUT2D eigenvalue weighted by Gasteiger charge is -2.27. The molecule has 0 heterocycles. The highest BCUT2D eigenvalue weighted by molar-refractivity contribution is 5.47. The number of hydrogen-bond donors (Lipinski definition) is 1. The molecule has 21 heavy (non-hydrogen) atoms.